The van der Waals surface area contributed by atoms with Crippen molar-refractivity contribution < 1.29 is 0 Å². The molecule has 2 aliphatic rings. The van der Waals surface area contributed by atoms with Gasteiger partial charge >= 0.3 is 0 Å². The van der Waals surface area contributed by atoms with Gasteiger partial charge in [0.2, 0.25) is 0 Å². The maximum absolute atomic E-state index is 3.54. The van der Waals surface area contributed by atoms with E-state index in [-0.39, 0.29) is 0 Å². The number of hydrogen-bond donors (Lipinski definition) is 1. The predicted molar refractivity (Wildman–Crippen MR) is 60.4 cm³/mol. The van der Waals surface area contributed by atoms with Crippen molar-refractivity contribution in [2.45, 2.75) is 39.2 Å². The quantitative estimate of drug-likeness (QED) is 0.687. The molecule has 2 nitrogen and oxygen atoms in total. The molecule has 0 aromatic carbocycles. The summed E-state index contributed by atoms with van der Waals surface area (Å²) in [6.07, 6.45) is 4.26. The van der Waals surface area contributed by atoms with Crippen molar-refractivity contribution in [1.29, 1.82) is 0 Å². The molecule has 2 atom stereocenters. The topological polar surface area (TPSA) is 15.3 Å². The lowest BCUT2D eigenvalue weighted by Crippen LogP contribution is -2.36. The second-order valence-corrected chi connectivity index (χ2v) is 5.22. The lowest BCUT2D eigenvalue weighted by atomic mass is 9.83. The van der Waals surface area contributed by atoms with Crippen molar-refractivity contribution in [2.75, 3.05) is 26.2 Å². The minimum Gasteiger partial charge on any atom is -0.316 e. The van der Waals surface area contributed by atoms with E-state index in [9.17, 15) is 0 Å². The molecule has 2 heteroatoms. The molecule has 0 aromatic heterocycles. The van der Waals surface area contributed by atoms with E-state index in [0.29, 0.717) is 0 Å². The second-order valence-electron chi connectivity index (χ2n) is 5.22. The van der Waals surface area contributed by atoms with Crippen LogP contribution in [0, 0.1) is 11.8 Å². The maximum atomic E-state index is 3.54. The molecule has 14 heavy (non-hydrogen) atoms. The van der Waals surface area contributed by atoms with Gasteiger partial charge in [-0.2, -0.15) is 0 Å². The summed E-state index contributed by atoms with van der Waals surface area (Å²) < 4.78 is 0. The number of nitrogens with zero attached hydrogens (tertiary/aromatic N) is 1. The summed E-state index contributed by atoms with van der Waals surface area (Å²) in [6, 6.07) is 0.739. The highest BCUT2D eigenvalue weighted by Crippen LogP contribution is 2.29. The van der Waals surface area contributed by atoms with Gasteiger partial charge in [0.05, 0.1) is 0 Å². The molecule has 2 fully saturated rings. The molecule has 0 saturated carbocycles. The monoisotopic (exact) mass is 196 g/mol. The van der Waals surface area contributed by atoms with Crippen LogP contribution in [0.15, 0.2) is 0 Å². The molecule has 2 unspecified atom stereocenters. The number of rotatable bonds is 1. The Kier molecular flexibility index (Phi) is 3.45. The molecule has 2 saturated heterocycles. The Hall–Kier alpha value is -0.0800. The van der Waals surface area contributed by atoms with Gasteiger partial charge in [-0.15, -0.1) is 0 Å². The van der Waals surface area contributed by atoms with Gasteiger partial charge in [-0.05, 0) is 71.1 Å². The Morgan fingerprint density at radius 1 is 1.07 bits per heavy atom. The molecule has 1 N–H and O–H groups in total. The zero-order valence-corrected chi connectivity index (χ0v) is 9.63. The van der Waals surface area contributed by atoms with Gasteiger partial charge in [0, 0.05) is 6.04 Å². The Morgan fingerprint density at radius 2 is 1.79 bits per heavy atom. The molecule has 0 aromatic rings. The fourth-order valence-electron chi connectivity index (χ4n) is 2.99. The first-order valence-corrected chi connectivity index (χ1v) is 6.22. The van der Waals surface area contributed by atoms with Gasteiger partial charge in [-0.3, -0.25) is 0 Å². The predicted octanol–water partition coefficient (Wildman–Crippen LogP) is 1.72. The maximum Gasteiger partial charge on any atom is 0.00385 e. The van der Waals surface area contributed by atoms with Crippen LogP contribution in [0.3, 0.4) is 0 Å². The van der Waals surface area contributed by atoms with Crippen molar-refractivity contribution in [3.8, 4) is 0 Å². The fraction of sp³-hybridized carbons (Fsp3) is 1.00. The van der Waals surface area contributed by atoms with E-state index in [1.54, 1.807) is 0 Å². The van der Waals surface area contributed by atoms with Crippen LogP contribution in [-0.2, 0) is 0 Å². The molecule has 82 valence electrons. The molecule has 2 rings (SSSR count). The Bertz CT molecular complexity index is 163. The number of hydrogen-bond acceptors (Lipinski definition) is 2. The van der Waals surface area contributed by atoms with Crippen LogP contribution >= 0.6 is 0 Å². The number of fused-ring (bicyclic) bond motifs is 1. The summed E-state index contributed by atoms with van der Waals surface area (Å²) in [7, 11) is 0. The van der Waals surface area contributed by atoms with Crippen LogP contribution in [0.25, 0.3) is 0 Å². The highest BCUT2D eigenvalue weighted by molar-refractivity contribution is 4.83. The second kappa shape index (κ2) is 4.63. The molecule has 0 bridgehead atoms. The third-order valence-corrected chi connectivity index (χ3v) is 4.07. The van der Waals surface area contributed by atoms with E-state index < -0.39 is 0 Å². The fourth-order valence-corrected chi connectivity index (χ4v) is 2.99. The molecule has 0 aliphatic carbocycles. The number of likely N-dealkylation sites (tertiary alicyclic amines) is 1. The molecule has 0 radical (unpaired) electrons. The summed E-state index contributed by atoms with van der Waals surface area (Å²) in [6.45, 7) is 9.83. The van der Waals surface area contributed by atoms with E-state index in [1.165, 1.54) is 45.4 Å². The smallest absolute Gasteiger partial charge is 0.00385 e. The highest BCUT2D eigenvalue weighted by Gasteiger charge is 2.28. The molecular formula is C12H24N2. The van der Waals surface area contributed by atoms with E-state index >= 15 is 0 Å². The van der Waals surface area contributed by atoms with Crippen molar-refractivity contribution in [1.82, 2.24) is 10.2 Å². The molecule has 2 heterocycles. The van der Waals surface area contributed by atoms with Crippen LogP contribution in [0.5, 0.6) is 0 Å². The average Bonchev–Trinajstić information content (AvgIpc) is 2.39. The first kappa shape index (κ1) is 10.4. The largest absolute Gasteiger partial charge is 0.316 e. The zero-order chi connectivity index (χ0) is 9.97. The summed E-state index contributed by atoms with van der Waals surface area (Å²) >= 11 is 0. The van der Waals surface area contributed by atoms with Crippen LogP contribution in [0.2, 0.25) is 0 Å². The van der Waals surface area contributed by atoms with E-state index in [4.69, 9.17) is 0 Å². The third kappa shape index (κ3) is 2.29. The summed E-state index contributed by atoms with van der Waals surface area (Å²) in [5.74, 6) is 1.98. The molecule has 0 amide bonds. The van der Waals surface area contributed by atoms with Crippen molar-refractivity contribution in [3.63, 3.8) is 0 Å². The van der Waals surface area contributed by atoms with Gasteiger partial charge in [0.25, 0.3) is 0 Å². The summed E-state index contributed by atoms with van der Waals surface area (Å²) in [4.78, 5) is 2.65. The summed E-state index contributed by atoms with van der Waals surface area (Å²) in [5.41, 5.74) is 0. The van der Waals surface area contributed by atoms with E-state index in [0.717, 1.165) is 17.9 Å². The van der Waals surface area contributed by atoms with Crippen molar-refractivity contribution in [3.05, 3.63) is 0 Å². The standard InChI is InChI=1S/C12H24N2/c1-10(2)14-7-4-11-3-6-13-9-12(11)5-8-14/h10-13H,3-9H2,1-2H3. The molecule has 2 aliphatic heterocycles. The van der Waals surface area contributed by atoms with Crippen molar-refractivity contribution >= 4 is 0 Å². The minimum absolute atomic E-state index is 0.739. The lowest BCUT2D eigenvalue weighted by molar-refractivity contribution is 0.227. The normalized spacial score (nSPS) is 35.4. The Labute approximate surface area is 88.1 Å². The summed E-state index contributed by atoms with van der Waals surface area (Å²) in [5, 5.41) is 3.54. The Balaban J connectivity index is 1.92. The van der Waals surface area contributed by atoms with Gasteiger partial charge in [-0.1, -0.05) is 0 Å². The zero-order valence-electron chi connectivity index (χ0n) is 9.63. The van der Waals surface area contributed by atoms with E-state index in [1.807, 2.05) is 0 Å². The van der Waals surface area contributed by atoms with Crippen LogP contribution in [0.4, 0.5) is 0 Å². The van der Waals surface area contributed by atoms with E-state index in [2.05, 4.69) is 24.1 Å². The number of piperidine rings is 1. The average molecular weight is 196 g/mol. The lowest BCUT2D eigenvalue weighted by Gasteiger charge is -2.30. The first-order valence-electron chi connectivity index (χ1n) is 6.22. The van der Waals surface area contributed by atoms with Crippen molar-refractivity contribution in [2.24, 2.45) is 11.8 Å². The first-order chi connectivity index (χ1) is 6.77. The number of nitrogens with one attached hydrogen (secondary N) is 1. The minimum atomic E-state index is 0.739. The van der Waals surface area contributed by atoms with Gasteiger partial charge in [-0.25, -0.2) is 0 Å². The van der Waals surface area contributed by atoms with Crippen LogP contribution in [0.1, 0.15) is 33.1 Å². The van der Waals surface area contributed by atoms with Crippen LogP contribution < -0.4 is 5.32 Å². The SMILES string of the molecule is CC(C)N1CCC2CCNCC2CC1. The molecule has 0 spiro atoms. The van der Waals surface area contributed by atoms with Gasteiger partial charge in [0.1, 0.15) is 0 Å². The highest BCUT2D eigenvalue weighted by atomic mass is 15.1. The Morgan fingerprint density at radius 3 is 2.50 bits per heavy atom. The van der Waals surface area contributed by atoms with Crippen LogP contribution in [-0.4, -0.2) is 37.1 Å². The third-order valence-electron chi connectivity index (χ3n) is 4.07. The van der Waals surface area contributed by atoms with Gasteiger partial charge < -0.3 is 10.2 Å². The molecular weight excluding hydrogens is 172 g/mol. The van der Waals surface area contributed by atoms with Gasteiger partial charge in [0.15, 0.2) is 0 Å².